The van der Waals surface area contributed by atoms with E-state index in [1.54, 1.807) is 0 Å². The van der Waals surface area contributed by atoms with Crippen LogP contribution in [0.5, 0.6) is 0 Å². The molecule has 68 valence electrons. The number of hydrogen-bond donors (Lipinski definition) is 0. The minimum absolute atomic E-state index is 0.661. The van der Waals surface area contributed by atoms with Gasteiger partial charge in [-0.05, 0) is 18.8 Å². The van der Waals surface area contributed by atoms with Crippen molar-refractivity contribution in [3.8, 4) is 6.07 Å². The van der Waals surface area contributed by atoms with Gasteiger partial charge in [0.15, 0.2) is 0 Å². The summed E-state index contributed by atoms with van der Waals surface area (Å²) in [6.45, 7) is 9.00. The lowest BCUT2D eigenvalue weighted by atomic mass is 9.95. The van der Waals surface area contributed by atoms with Crippen LogP contribution in [0.25, 0.3) is 0 Å². The molecule has 1 fully saturated rings. The van der Waals surface area contributed by atoms with Gasteiger partial charge in [-0.25, -0.2) is 0 Å². The molecule has 1 aliphatic heterocycles. The van der Waals surface area contributed by atoms with Crippen LogP contribution in [0.15, 0.2) is 0 Å². The summed E-state index contributed by atoms with van der Waals surface area (Å²) in [6, 6.07) is 2.86. The maximum atomic E-state index is 8.47. The molecular formula is C10H18N2. The minimum atomic E-state index is 0.661. The number of nitriles is 1. The molecule has 0 radical (unpaired) electrons. The first-order valence-corrected chi connectivity index (χ1v) is 4.77. The predicted molar refractivity (Wildman–Crippen MR) is 49.6 cm³/mol. The van der Waals surface area contributed by atoms with Crippen molar-refractivity contribution in [1.29, 1.82) is 5.26 Å². The number of hydrogen-bond acceptors (Lipinski definition) is 2. The third-order valence-electron chi connectivity index (χ3n) is 3.27. The molecule has 0 spiro atoms. The first kappa shape index (κ1) is 9.54. The molecular weight excluding hydrogens is 148 g/mol. The molecule has 1 rings (SSSR count). The summed E-state index contributed by atoms with van der Waals surface area (Å²) in [5, 5.41) is 8.47. The molecule has 3 unspecified atom stereocenters. The summed E-state index contributed by atoms with van der Waals surface area (Å²) in [5.74, 6) is 1.57. The Bertz CT molecular complexity index is 183. The van der Waals surface area contributed by atoms with Gasteiger partial charge in [0, 0.05) is 25.6 Å². The summed E-state index contributed by atoms with van der Waals surface area (Å²) in [6.07, 6.45) is 0.670. The Balaban J connectivity index is 2.43. The van der Waals surface area contributed by atoms with Crippen molar-refractivity contribution in [3.05, 3.63) is 0 Å². The molecule has 2 heteroatoms. The highest BCUT2D eigenvalue weighted by Gasteiger charge is 2.32. The van der Waals surface area contributed by atoms with E-state index in [2.05, 4.69) is 31.7 Å². The van der Waals surface area contributed by atoms with Crippen molar-refractivity contribution >= 4 is 0 Å². The summed E-state index contributed by atoms with van der Waals surface area (Å²) in [5.41, 5.74) is 0. The van der Waals surface area contributed by atoms with E-state index < -0.39 is 0 Å². The van der Waals surface area contributed by atoms with Gasteiger partial charge in [-0.1, -0.05) is 13.8 Å². The molecule has 3 atom stereocenters. The monoisotopic (exact) mass is 166 g/mol. The molecule has 0 aromatic carbocycles. The number of likely N-dealkylation sites (tertiary alicyclic amines) is 1. The molecule has 0 bridgehead atoms. The molecule has 0 aliphatic carbocycles. The Hall–Kier alpha value is -0.550. The zero-order valence-corrected chi connectivity index (χ0v) is 8.25. The third-order valence-corrected chi connectivity index (χ3v) is 3.27. The second-order valence-corrected chi connectivity index (χ2v) is 3.98. The van der Waals surface area contributed by atoms with Gasteiger partial charge in [0.25, 0.3) is 0 Å². The second-order valence-electron chi connectivity index (χ2n) is 3.98. The predicted octanol–water partition coefficient (Wildman–Crippen LogP) is 1.88. The van der Waals surface area contributed by atoms with Crippen LogP contribution in [-0.2, 0) is 0 Å². The Morgan fingerprint density at radius 1 is 1.42 bits per heavy atom. The maximum Gasteiger partial charge on any atom is 0.0635 e. The molecule has 2 nitrogen and oxygen atoms in total. The van der Waals surface area contributed by atoms with E-state index in [1.165, 1.54) is 6.54 Å². The van der Waals surface area contributed by atoms with Gasteiger partial charge >= 0.3 is 0 Å². The summed E-state index contributed by atoms with van der Waals surface area (Å²) >= 11 is 0. The molecule has 1 heterocycles. The normalized spacial score (nSPS) is 36.7. The minimum Gasteiger partial charge on any atom is -0.299 e. The smallest absolute Gasteiger partial charge is 0.0635 e. The molecule has 12 heavy (non-hydrogen) atoms. The van der Waals surface area contributed by atoms with Crippen molar-refractivity contribution in [2.24, 2.45) is 11.8 Å². The van der Waals surface area contributed by atoms with E-state index in [9.17, 15) is 0 Å². The molecule has 1 saturated heterocycles. The lowest BCUT2D eigenvalue weighted by molar-refractivity contribution is 0.253. The van der Waals surface area contributed by atoms with Crippen molar-refractivity contribution in [1.82, 2.24) is 4.90 Å². The van der Waals surface area contributed by atoms with Crippen molar-refractivity contribution in [2.75, 3.05) is 13.1 Å². The first-order valence-electron chi connectivity index (χ1n) is 4.77. The van der Waals surface area contributed by atoms with Crippen LogP contribution in [0.4, 0.5) is 0 Å². The fourth-order valence-corrected chi connectivity index (χ4v) is 2.00. The van der Waals surface area contributed by atoms with E-state index in [1.807, 2.05) is 0 Å². The van der Waals surface area contributed by atoms with E-state index >= 15 is 0 Å². The highest BCUT2D eigenvalue weighted by Crippen LogP contribution is 2.28. The Morgan fingerprint density at radius 2 is 2.08 bits per heavy atom. The zero-order valence-electron chi connectivity index (χ0n) is 8.25. The van der Waals surface area contributed by atoms with Crippen molar-refractivity contribution in [2.45, 2.75) is 33.2 Å². The van der Waals surface area contributed by atoms with E-state index in [0.717, 1.165) is 18.4 Å². The average molecular weight is 166 g/mol. The zero-order chi connectivity index (χ0) is 9.14. The van der Waals surface area contributed by atoms with Gasteiger partial charge < -0.3 is 0 Å². The fourth-order valence-electron chi connectivity index (χ4n) is 2.00. The molecule has 0 aromatic rings. The largest absolute Gasteiger partial charge is 0.299 e. The topological polar surface area (TPSA) is 27.0 Å². The third kappa shape index (κ3) is 1.78. The second kappa shape index (κ2) is 3.91. The highest BCUT2D eigenvalue weighted by molar-refractivity contribution is 4.87. The Kier molecular flexibility index (Phi) is 3.11. The lowest BCUT2D eigenvalue weighted by Crippen LogP contribution is -2.30. The van der Waals surface area contributed by atoms with Crippen LogP contribution in [0.3, 0.4) is 0 Å². The van der Waals surface area contributed by atoms with Crippen LogP contribution >= 0.6 is 0 Å². The number of nitrogens with zero attached hydrogens (tertiary/aromatic N) is 2. The quantitative estimate of drug-likeness (QED) is 0.626. The molecule has 0 aromatic heterocycles. The van der Waals surface area contributed by atoms with Crippen molar-refractivity contribution in [3.63, 3.8) is 0 Å². The van der Waals surface area contributed by atoms with Gasteiger partial charge in [0.05, 0.1) is 6.07 Å². The first-order chi connectivity index (χ1) is 5.66. The standard InChI is InChI=1S/C10H18N2/c1-8-7-12(6-4-5-11)10(3)9(8)2/h8-10H,4,6-7H2,1-3H3. The van der Waals surface area contributed by atoms with Gasteiger partial charge in [-0.15, -0.1) is 0 Å². The van der Waals surface area contributed by atoms with Crippen LogP contribution in [0, 0.1) is 23.2 Å². The Labute approximate surface area is 75.2 Å². The van der Waals surface area contributed by atoms with Crippen LogP contribution in [0.2, 0.25) is 0 Å². The van der Waals surface area contributed by atoms with Crippen molar-refractivity contribution < 1.29 is 0 Å². The van der Waals surface area contributed by atoms with Crippen LogP contribution in [0.1, 0.15) is 27.2 Å². The SMILES string of the molecule is CC1CN(CCC#N)C(C)C1C. The van der Waals surface area contributed by atoms with Gasteiger partial charge in [-0.3, -0.25) is 4.90 Å². The van der Waals surface area contributed by atoms with E-state index in [0.29, 0.717) is 12.5 Å². The fraction of sp³-hybridized carbons (Fsp3) is 0.900. The highest BCUT2D eigenvalue weighted by atomic mass is 15.2. The Morgan fingerprint density at radius 3 is 2.50 bits per heavy atom. The molecule has 0 amide bonds. The number of rotatable bonds is 2. The molecule has 0 N–H and O–H groups in total. The van der Waals surface area contributed by atoms with Gasteiger partial charge in [0.1, 0.15) is 0 Å². The average Bonchev–Trinajstić information content (AvgIpc) is 2.30. The lowest BCUT2D eigenvalue weighted by Gasteiger charge is -2.21. The van der Waals surface area contributed by atoms with Crippen LogP contribution in [-0.4, -0.2) is 24.0 Å². The summed E-state index contributed by atoms with van der Waals surface area (Å²) in [4.78, 5) is 2.43. The molecule has 0 saturated carbocycles. The molecule has 1 aliphatic rings. The van der Waals surface area contributed by atoms with Gasteiger partial charge in [-0.2, -0.15) is 5.26 Å². The summed E-state index contributed by atoms with van der Waals surface area (Å²) < 4.78 is 0. The maximum absolute atomic E-state index is 8.47. The van der Waals surface area contributed by atoms with E-state index in [4.69, 9.17) is 5.26 Å². The summed E-state index contributed by atoms with van der Waals surface area (Å²) in [7, 11) is 0. The van der Waals surface area contributed by atoms with Gasteiger partial charge in [0.2, 0.25) is 0 Å². The van der Waals surface area contributed by atoms with E-state index in [-0.39, 0.29) is 0 Å². The van der Waals surface area contributed by atoms with Crippen LogP contribution < -0.4 is 0 Å².